The third kappa shape index (κ3) is 3.46. The molecule has 1 aromatic carbocycles. The molecule has 2 rings (SSSR count). The van der Waals surface area contributed by atoms with Crippen LogP contribution in [0.1, 0.15) is 38.0 Å². The first-order valence-corrected chi connectivity index (χ1v) is 7.44. The molecule has 0 saturated heterocycles. The normalized spacial score (nSPS) is 12.2. The summed E-state index contributed by atoms with van der Waals surface area (Å²) in [5, 5.41) is 14.8. The van der Waals surface area contributed by atoms with Gasteiger partial charge in [-0.15, -0.1) is 11.3 Å². The fraction of sp³-hybridized carbons (Fsp3) is 0.312. The van der Waals surface area contributed by atoms with Crippen molar-refractivity contribution in [3.05, 3.63) is 56.8 Å². The minimum atomic E-state index is -0.648. The number of carbonyl (C=O) groups excluding carboxylic acids is 1. The molecule has 2 aromatic rings. The van der Waals surface area contributed by atoms with Crippen molar-refractivity contribution in [3.8, 4) is 0 Å². The van der Waals surface area contributed by atoms with Gasteiger partial charge >= 0.3 is 0 Å². The summed E-state index contributed by atoms with van der Waals surface area (Å²) in [5.74, 6) is -0.148. The summed E-state index contributed by atoms with van der Waals surface area (Å²) in [6, 6.07) is 7.70. The van der Waals surface area contributed by atoms with E-state index in [-0.39, 0.29) is 12.5 Å². The minimum absolute atomic E-state index is 0.148. The minimum Gasteiger partial charge on any atom is -0.386 e. The summed E-state index contributed by atoms with van der Waals surface area (Å²) >= 11 is 1.51. The van der Waals surface area contributed by atoms with Gasteiger partial charge in [0.05, 0.1) is 0 Å². The lowest BCUT2D eigenvalue weighted by molar-refractivity contribution is 0.0917. The number of aliphatic hydroxyl groups excluding tert-OH is 1. The number of amides is 1. The van der Waals surface area contributed by atoms with Gasteiger partial charge < -0.3 is 10.4 Å². The maximum Gasteiger partial charge on any atom is 0.251 e. The van der Waals surface area contributed by atoms with Crippen LogP contribution in [0.2, 0.25) is 0 Å². The number of nitrogens with one attached hydrogen (secondary N) is 1. The van der Waals surface area contributed by atoms with E-state index in [0.29, 0.717) is 5.56 Å². The summed E-state index contributed by atoms with van der Waals surface area (Å²) < 4.78 is 0. The molecule has 1 amide bonds. The number of benzene rings is 1. The summed E-state index contributed by atoms with van der Waals surface area (Å²) in [7, 11) is 0. The summed E-state index contributed by atoms with van der Waals surface area (Å²) in [4.78, 5) is 13.0. The van der Waals surface area contributed by atoms with Crippen LogP contribution in [0.3, 0.4) is 0 Å². The van der Waals surface area contributed by atoms with E-state index in [0.717, 1.165) is 21.6 Å². The molecule has 20 heavy (non-hydrogen) atoms. The molecule has 1 aromatic heterocycles. The van der Waals surface area contributed by atoms with E-state index < -0.39 is 6.10 Å². The summed E-state index contributed by atoms with van der Waals surface area (Å²) in [6.07, 6.45) is -0.648. The number of thiophene rings is 1. The fourth-order valence-electron chi connectivity index (χ4n) is 2.22. The van der Waals surface area contributed by atoms with Crippen molar-refractivity contribution in [1.29, 1.82) is 0 Å². The van der Waals surface area contributed by atoms with E-state index in [1.165, 1.54) is 11.3 Å². The lowest BCUT2D eigenvalue weighted by Crippen LogP contribution is -2.28. The third-order valence-corrected chi connectivity index (χ3v) is 4.26. The fourth-order valence-corrected chi connectivity index (χ4v) is 3.13. The van der Waals surface area contributed by atoms with E-state index in [4.69, 9.17) is 0 Å². The van der Waals surface area contributed by atoms with Gasteiger partial charge in [-0.05, 0) is 49.9 Å². The van der Waals surface area contributed by atoms with Crippen LogP contribution >= 0.6 is 11.3 Å². The number of aliphatic hydroxyl groups is 1. The van der Waals surface area contributed by atoms with Gasteiger partial charge in [0.15, 0.2) is 0 Å². The van der Waals surface area contributed by atoms with Gasteiger partial charge in [0.2, 0.25) is 0 Å². The number of hydrogen-bond donors (Lipinski definition) is 2. The summed E-state index contributed by atoms with van der Waals surface area (Å²) in [6.45, 7) is 6.12. The van der Waals surface area contributed by atoms with Gasteiger partial charge in [-0.1, -0.05) is 17.2 Å². The van der Waals surface area contributed by atoms with Crippen molar-refractivity contribution in [3.63, 3.8) is 0 Å². The average Bonchev–Trinajstić information content (AvgIpc) is 2.80. The van der Waals surface area contributed by atoms with Crippen molar-refractivity contribution >= 4 is 17.2 Å². The molecule has 4 heteroatoms. The number of hydrogen-bond acceptors (Lipinski definition) is 3. The Bertz CT molecular complexity index is 598. The van der Waals surface area contributed by atoms with E-state index in [9.17, 15) is 9.90 Å². The number of rotatable bonds is 4. The molecule has 2 N–H and O–H groups in total. The van der Waals surface area contributed by atoms with Crippen LogP contribution in [-0.2, 0) is 0 Å². The van der Waals surface area contributed by atoms with Crippen LogP contribution in [0.5, 0.6) is 0 Å². The molecule has 0 radical (unpaired) electrons. The van der Waals surface area contributed by atoms with Crippen LogP contribution in [0.4, 0.5) is 0 Å². The van der Waals surface area contributed by atoms with Gasteiger partial charge in [-0.25, -0.2) is 0 Å². The van der Waals surface area contributed by atoms with Crippen LogP contribution in [0, 0.1) is 20.8 Å². The van der Waals surface area contributed by atoms with Crippen molar-refractivity contribution in [2.45, 2.75) is 26.9 Å². The zero-order valence-corrected chi connectivity index (χ0v) is 12.8. The number of aryl methyl sites for hydroxylation is 3. The van der Waals surface area contributed by atoms with Gasteiger partial charge in [0, 0.05) is 17.0 Å². The average molecular weight is 289 g/mol. The smallest absolute Gasteiger partial charge is 0.251 e. The SMILES string of the molecule is Cc1cc(C)cc(C(=O)NCC(O)c2sccc2C)c1. The first kappa shape index (κ1) is 14.8. The Balaban J connectivity index is 2.00. The van der Waals surface area contributed by atoms with Gasteiger partial charge in [0.1, 0.15) is 6.10 Å². The third-order valence-electron chi connectivity index (χ3n) is 3.14. The van der Waals surface area contributed by atoms with Crippen molar-refractivity contribution in [2.75, 3.05) is 6.54 Å². The van der Waals surface area contributed by atoms with Crippen LogP contribution < -0.4 is 5.32 Å². The first-order valence-electron chi connectivity index (χ1n) is 6.56. The van der Waals surface area contributed by atoms with E-state index in [2.05, 4.69) is 5.32 Å². The van der Waals surface area contributed by atoms with Gasteiger partial charge in [0.25, 0.3) is 5.91 Å². The summed E-state index contributed by atoms with van der Waals surface area (Å²) in [5.41, 5.74) is 3.82. The molecular formula is C16H19NO2S. The second-order valence-electron chi connectivity index (χ2n) is 5.07. The predicted octanol–water partition coefficient (Wildman–Crippen LogP) is 3.14. The molecule has 0 aliphatic rings. The molecule has 0 aliphatic carbocycles. The molecule has 0 spiro atoms. The molecule has 0 aliphatic heterocycles. The predicted molar refractivity (Wildman–Crippen MR) is 82.3 cm³/mol. The zero-order chi connectivity index (χ0) is 14.7. The van der Waals surface area contributed by atoms with Crippen molar-refractivity contribution < 1.29 is 9.90 Å². The molecule has 0 fully saturated rings. The zero-order valence-electron chi connectivity index (χ0n) is 11.9. The Hall–Kier alpha value is -1.65. The maximum absolute atomic E-state index is 12.1. The Kier molecular flexibility index (Phi) is 4.57. The first-order chi connectivity index (χ1) is 9.47. The molecule has 0 bridgehead atoms. The molecule has 106 valence electrons. The highest BCUT2D eigenvalue weighted by atomic mass is 32.1. The van der Waals surface area contributed by atoms with Crippen LogP contribution in [0.25, 0.3) is 0 Å². The maximum atomic E-state index is 12.1. The monoisotopic (exact) mass is 289 g/mol. The lowest BCUT2D eigenvalue weighted by atomic mass is 10.1. The highest BCUT2D eigenvalue weighted by molar-refractivity contribution is 7.10. The Labute approximate surface area is 123 Å². The Morgan fingerprint density at radius 2 is 1.90 bits per heavy atom. The second-order valence-corrected chi connectivity index (χ2v) is 6.02. The second kappa shape index (κ2) is 6.20. The standard InChI is InChI=1S/C16H19NO2S/c1-10-6-11(2)8-13(7-10)16(19)17-9-14(18)15-12(3)4-5-20-15/h4-8,14,18H,9H2,1-3H3,(H,17,19). The lowest BCUT2D eigenvalue weighted by Gasteiger charge is -2.12. The highest BCUT2D eigenvalue weighted by Gasteiger charge is 2.14. The van der Waals surface area contributed by atoms with Crippen molar-refractivity contribution in [1.82, 2.24) is 5.32 Å². The van der Waals surface area contributed by atoms with E-state index >= 15 is 0 Å². The van der Waals surface area contributed by atoms with Gasteiger partial charge in [-0.2, -0.15) is 0 Å². The highest BCUT2D eigenvalue weighted by Crippen LogP contribution is 2.23. The Morgan fingerprint density at radius 1 is 1.25 bits per heavy atom. The molecule has 1 unspecified atom stereocenters. The molecule has 1 heterocycles. The van der Waals surface area contributed by atoms with Crippen molar-refractivity contribution in [2.24, 2.45) is 0 Å². The van der Waals surface area contributed by atoms with Gasteiger partial charge in [-0.3, -0.25) is 4.79 Å². The van der Waals surface area contributed by atoms with E-state index in [1.807, 2.05) is 50.4 Å². The number of carbonyl (C=O) groups is 1. The molecular weight excluding hydrogens is 270 g/mol. The quantitative estimate of drug-likeness (QED) is 0.908. The molecule has 0 saturated carbocycles. The molecule has 1 atom stereocenters. The largest absolute Gasteiger partial charge is 0.386 e. The Morgan fingerprint density at radius 3 is 2.45 bits per heavy atom. The van der Waals surface area contributed by atoms with Crippen LogP contribution in [-0.4, -0.2) is 17.6 Å². The molecule has 3 nitrogen and oxygen atoms in total. The van der Waals surface area contributed by atoms with E-state index in [1.54, 1.807) is 0 Å². The topological polar surface area (TPSA) is 49.3 Å². The van der Waals surface area contributed by atoms with Crippen LogP contribution in [0.15, 0.2) is 29.6 Å².